The van der Waals surface area contributed by atoms with Crippen LogP contribution in [0.2, 0.25) is 0 Å². The minimum absolute atomic E-state index is 0.824. The average Bonchev–Trinajstić information content (AvgIpc) is 2.31. The fourth-order valence-electron chi connectivity index (χ4n) is 3.81. The van der Waals surface area contributed by atoms with Crippen LogP contribution in [0, 0.1) is 23.7 Å². The van der Waals surface area contributed by atoms with E-state index < -0.39 is 0 Å². The Balaban J connectivity index is 1.85. The lowest BCUT2D eigenvalue weighted by Gasteiger charge is -2.40. The zero-order valence-electron chi connectivity index (χ0n) is 12.8. The Morgan fingerprint density at radius 2 is 1.83 bits per heavy atom. The molecule has 18 heavy (non-hydrogen) atoms. The van der Waals surface area contributed by atoms with Crippen molar-refractivity contribution in [2.24, 2.45) is 23.7 Å². The Morgan fingerprint density at radius 3 is 2.39 bits per heavy atom. The summed E-state index contributed by atoms with van der Waals surface area (Å²) < 4.78 is 0. The molecule has 0 aliphatic heterocycles. The van der Waals surface area contributed by atoms with Gasteiger partial charge in [-0.25, -0.2) is 0 Å². The molecule has 0 bridgehead atoms. The fourth-order valence-corrected chi connectivity index (χ4v) is 3.81. The highest BCUT2D eigenvalue weighted by atomic mass is 14.9. The predicted octanol–water partition coefficient (Wildman–Crippen LogP) is 4.62. The van der Waals surface area contributed by atoms with E-state index in [1.165, 1.54) is 57.9 Å². The first-order chi connectivity index (χ1) is 8.70. The van der Waals surface area contributed by atoms with Crippen LogP contribution in [0.25, 0.3) is 0 Å². The third kappa shape index (κ3) is 3.73. The topological polar surface area (TPSA) is 12.0 Å². The summed E-state index contributed by atoms with van der Waals surface area (Å²) in [6, 6.07) is 0.824. The maximum Gasteiger partial charge on any atom is 0.00980 e. The van der Waals surface area contributed by atoms with Gasteiger partial charge >= 0.3 is 0 Å². The molecule has 0 amide bonds. The largest absolute Gasteiger partial charge is 0.314 e. The maximum atomic E-state index is 3.87. The van der Waals surface area contributed by atoms with Crippen molar-refractivity contribution >= 4 is 0 Å². The lowest BCUT2D eigenvalue weighted by Crippen LogP contribution is -2.42. The van der Waals surface area contributed by atoms with Gasteiger partial charge < -0.3 is 5.32 Å². The first-order valence-electron chi connectivity index (χ1n) is 8.44. The van der Waals surface area contributed by atoms with Crippen LogP contribution in [0.3, 0.4) is 0 Å². The van der Waals surface area contributed by atoms with E-state index in [1.54, 1.807) is 0 Å². The molecule has 2 saturated carbocycles. The van der Waals surface area contributed by atoms with Gasteiger partial charge in [0.1, 0.15) is 0 Å². The van der Waals surface area contributed by atoms with Gasteiger partial charge in [0.2, 0.25) is 0 Å². The molecule has 1 N–H and O–H groups in total. The number of nitrogens with one attached hydrogen (secondary N) is 1. The van der Waals surface area contributed by atoms with Crippen LogP contribution < -0.4 is 5.32 Å². The molecule has 0 radical (unpaired) electrons. The molecule has 0 saturated heterocycles. The van der Waals surface area contributed by atoms with Crippen LogP contribution in [-0.4, -0.2) is 12.6 Å². The van der Waals surface area contributed by atoms with Crippen LogP contribution in [0.15, 0.2) is 0 Å². The van der Waals surface area contributed by atoms with E-state index in [0.717, 1.165) is 29.7 Å². The summed E-state index contributed by atoms with van der Waals surface area (Å²) >= 11 is 0. The third-order valence-electron chi connectivity index (χ3n) is 5.68. The summed E-state index contributed by atoms with van der Waals surface area (Å²) in [6.07, 6.45) is 11.6. The van der Waals surface area contributed by atoms with Gasteiger partial charge in [0.05, 0.1) is 0 Å². The van der Waals surface area contributed by atoms with Crippen molar-refractivity contribution in [2.45, 2.75) is 78.2 Å². The minimum atomic E-state index is 0.824. The monoisotopic (exact) mass is 251 g/mol. The molecular weight excluding hydrogens is 218 g/mol. The summed E-state index contributed by atoms with van der Waals surface area (Å²) in [5.41, 5.74) is 0. The molecule has 4 atom stereocenters. The van der Waals surface area contributed by atoms with Crippen molar-refractivity contribution in [1.82, 2.24) is 5.32 Å². The summed E-state index contributed by atoms with van der Waals surface area (Å²) in [4.78, 5) is 0. The van der Waals surface area contributed by atoms with Gasteiger partial charge in [-0.15, -0.1) is 0 Å². The molecule has 0 aromatic carbocycles. The number of hydrogen-bond donors (Lipinski definition) is 1. The van der Waals surface area contributed by atoms with Gasteiger partial charge in [0.25, 0.3) is 0 Å². The van der Waals surface area contributed by atoms with E-state index in [9.17, 15) is 0 Å². The number of rotatable bonds is 6. The molecule has 0 spiro atoms. The first-order valence-corrected chi connectivity index (χ1v) is 8.44. The van der Waals surface area contributed by atoms with Crippen molar-refractivity contribution in [3.63, 3.8) is 0 Å². The summed E-state index contributed by atoms with van der Waals surface area (Å²) in [6.45, 7) is 8.43. The first kappa shape index (κ1) is 14.4. The standard InChI is InChI=1S/C17H33N/c1-4-10-18-17(12-15-6-5-7-15)16-9-8-13(2)14(3)11-16/h13-18H,4-12H2,1-3H3. The third-order valence-corrected chi connectivity index (χ3v) is 5.68. The van der Waals surface area contributed by atoms with Gasteiger partial charge in [-0.2, -0.15) is 0 Å². The van der Waals surface area contributed by atoms with Crippen molar-refractivity contribution in [3.05, 3.63) is 0 Å². The van der Waals surface area contributed by atoms with Crippen molar-refractivity contribution < 1.29 is 0 Å². The second-order valence-corrected chi connectivity index (χ2v) is 7.12. The Morgan fingerprint density at radius 1 is 1.06 bits per heavy atom. The van der Waals surface area contributed by atoms with Crippen LogP contribution in [0.4, 0.5) is 0 Å². The smallest absolute Gasteiger partial charge is 0.00980 e. The Bertz CT molecular complexity index is 234. The number of hydrogen-bond acceptors (Lipinski definition) is 1. The lowest BCUT2D eigenvalue weighted by molar-refractivity contribution is 0.142. The molecule has 2 aliphatic carbocycles. The highest BCUT2D eigenvalue weighted by molar-refractivity contribution is 4.86. The second kappa shape index (κ2) is 6.93. The average molecular weight is 251 g/mol. The molecule has 2 rings (SSSR count). The molecular formula is C17H33N. The Kier molecular flexibility index (Phi) is 5.54. The summed E-state index contributed by atoms with van der Waals surface area (Å²) in [7, 11) is 0. The Hall–Kier alpha value is -0.0400. The predicted molar refractivity (Wildman–Crippen MR) is 79.7 cm³/mol. The van der Waals surface area contributed by atoms with E-state index in [2.05, 4.69) is 26.1 Å². The van der Waals surface area contributed by atoms with Crippen molar-refractivity contribution in [2.75, 3.05) is 6.54 Å². The fraction of sp³-hybridized carbons (Fsp3) is 1.00. The molecule has 1 nitrogen and oxygen atoms in total. The molecule has 4 unspecified atom stereocenters. The highest BCUT2D eigenvalue weighted by Crippen LogP contribution is 2.39. The van der Waals surface area contributed by atoms with E-state index in [-0.39, 0.29) is 0 Å². The van der Waals surface area contributed by atoms with Gasteiger partial charge in [0.15, 0.2) is 0 Å². The molecule has 1 heteroatoms. The molecule has 0 heterocycles. The van der Waals surface area contributed by atoms with Crippen LogP contribution in [0.1, 0.15) is 72.1 Å². The highest BCUT2D eigenvalue weighted by Gasteiger charge is 2.32. The van der Waals surface area contributed by atoms with E-state index >= 15 is 0 Å². The zero-order chi connectivity index (χ0) is 13.0. The molecule has 2 fully saturated rings. The van der Waals surface area contributed by atoms with E-state index in [1.807, 2.05) is 0 Å². The van der Waals surface area contributed by atoms with Crippen molar-refractivity contribution in [1.29, 1.82) is 0 Å². The van der Waals surface area contributed by atoms with Gasteiger partial charge in [-0.05, 0) is 55.9 Å². The molecule has 2 aliphatic rings. The van der Waals surface area contributed by atoms with Crippen LogP contribution in [-0.2, 0) is 0 Å². The molecule has 0 aromatic heterocycles. The summed E-state index contributed by atoms with van der Waals surface area (Å²) in [5, 5.41) is 3.87. The maximum absolute atomic E-state index is 3.87. The minimum Gasteiger partial charge on any atom is -0.314 e. The molecule has 0 aromatic rings. The van der Waals surface area contributed by atoms with Crippen molar-refractivity contribution in [3.8, 4) is 0 Å². The quantitative estimate of drug-likeness (QED) is 0.726. The normalized spacial score (nSPS) is 35.2. The Labute approximate surface area is 114 Å². The molecule has 106 valence electrons. The summed E-state index contributed by atoms with van der Waals surface area (Å²) in [5.74, 6) is 3.91. The van der Waals surface area contributed by atoms with Gasteiger partial charge in [0, 0.05) is 6.04 Å². The van der Waals surface area contributed by atoms with Gasteiger partial charge in [-0.1, -0.05) is 46.5 Å². The zero-order valence-corrected chi connectivity index (χ0v) is 12.8. The van der Waals surface area contributed by atoms with Crippen LogP contribution >= 0.6 is 0 Å². The SMILES string of the molecule is CCCNC(CC1CCC1)C1CCC(C)C(C)C1. The lowest BCUT2D eigenvalue weighted by atomic mass is 9.70. The second-order valence-electron chi connectivity index (χ2n) is 7.12. The van der Waals surface area contributed by atoms with Crippen LogP contribution in [0.5, 0.6) is 0 Å². The van der Waals surface area contributed by atoms with Gasteiger partial charge in [-0.3, -0.25) is 0 Å². The van der Waals surface area contributed by atoms with E-state index in [0.29, 0.717) is 0 Å². The van der Waals surface area contributed by atoms with E-state index in [4.69, 9.17) is 0 Å².